The van der Waals surface area contributed by atoms with Gasteiger partial charge in [0.1, 0.15) is 5.69 Å². The SMILES string of the molecule is CCOC(=O)CCSc1nc(-c2ccccc2)cc(C(F)(F)F)n1. The number of rotatable bonds is 6. The molecule has 0 saturated carbocycles. The Labute approximate surface area is 141 Å². The number of alkyl halides is 3. The molecule has 0 amide bonds. The highest BCUT2D eigenvalue weighted by Gasteiger charge is 2.33. The topological polar surface area (TPSA) is 52.1 Å². The number of ether oxygens (including phenoxy) is 1. The van der Waals surface area contributed by atoms with Crippen molar-refractivity contribution in [1.29, 1.82) is 0 Å². The zero-order valence-corrected chi connectivity index (χ0v) is 13.7. The lowest BCUT2D eigenvalue weighted by molar-refractivity contribution is -0.143. The van der Waals surface area contributed by atoms with E-state index in [0.717, 1.165) is 17.8 Å². The Kier molecular flexibility index (Phi) is 6.19. The number of thioether (sulfide) groups is 1. The van der Waals surface area contributed by atoms with Crippen LogP contribution in [-0.4, -0.2) is 28.3 Å². The van der Waals surface area contributed by atoms with Crippen molar-refractivity contribution < 1.29 is 22.7 Å². The van der Waals surface area contributed by atoms with Crippen molar-refractivity contribution >= 4 is 17.7 Å². The van der Waals surface area contributed by atoms with Gasteiger partial charge in [-0.25, -0.2) is 9.97 Å². The number of benzene rings is 1. The molecule has 1 aromatic heterocycles. The lowest BCUT2D eigenvalue weighted by Crippen LogP contribution is -2.10. The van der Waals surface area contributed by atoms with Gasteiger partial charge in [0.2, 0.25) is 0 Å². The maximum Gasteiger partial charge on any atom is 0.433 e. The van der Waals surface area contributed by atoms with Crippen molar-refractivity contribution in [3.05, 3.63) is 42.1 Å². The van der Waals surface area contributed by atoms with Crippen LogP contribution in [0.4, 0.5) is 13.2 Å². The molecule has 0 spiro atoms. The third kappa shape index (κ3) is 5.23. The number of hydrogen-bond acceptors (Lipinski definition) is 5. The quantitative estimate of drug-likeness (QED) is 0.441. The number of nitrogens with zero attached hydrogens (tertiary/aromatic N) is 2. The lowest BCUT2D eigenvalue weighted by atomic mass is 10.1. The van der Waals surface area contributed by atoms with Gasteiger partial charge in [-0.3, -0.25) is 4.79 Å². The number of aromatic nitrogens is 2. The van der Waals surface area contributed by atoms with E-state index in [-0.39, 0.29) is 29.6 Å². The first-order valence-corrected chi connectivity index (χ1v) is 8.19. The molecule has 0 radical (unpaired) electrons. The van der Waals surface area contributed by atoms with E-state index >= 15 is 0 Å². The zero-order valence-electron chi connectivity index (χ0n) is 12.8. The summed E-state index contributed by atoms with van der Waals surface area (Å²) in [4.78, 5) is 19.0. The molecule has 4 nitrogen and oxygen atoms in total. The standard InChI is InChI=1S/C16H15F3N2O2S/c1-2-23-14(22)8-9-24-15-20-12(11-6-4-3-5-7-11)10-13(21-15)16(17,18)19/h3-7,10H,2,8-9H2,1H3. The van der Waals surface area contributed by atoms with E-state index in [1.807, 2.05) is 0 Å². The van der Waals surface area contributed by atoms with Gasteiger partial charge < -0.3 is 4.74 Å². The van der Waals surface area contributed by atoms with Crippen LogP contribution in [0.25, 0.3) is 11.3 Å². The minimum atomic E-state index is -4.57. The minimum absolute atomic E-state index is 0.0204. The average molecular weight is 356 g/mol. The fourth-order valence-corrected chi connectivity index (χ4v) is 2.63. The van der Waals surface area contributed by atoms with Crippen LogP contribution in [0.15, 0.2) is 41.6 Å². The molecule has 0 aliphatic carbocycles. The van der Waals surface area contributed by atoms with Gasteiger partial charge in [0.25, 0.3) is 0 Å². The molecule has 24 heavy (non-hydrogen) atoms. The monoisotopic (exact) mass is 356 g/mol. The predicted molar refractivity (Wildman–Crippen MR) is 84.4 cm³/mol. The maximum atomic E-state index is 13.0. The molecule has 0 saturated heterocycles. The third-order valence-corrected chi connectivity index (χ3v) is 3.76. The van der Waals surface area contributed by atoms with E-state index in [0.29, 0.717) is 5.56 Å². The van der Waals surface area contributed by atoms with Gasteiger partial charge in [-0.05, 0) is 13.0 Å². The summed E-state index contributed by atoms with van der Waals surface area (Å²) in [6.45, 7) is 1.95. The van der Waals surface area contributed by atoms with Gasteiger partial charge in [0.05, 0.1) is 18.7 Å². The molecule has 8 heteroatoms. The summed E-state index contributed by atoms with van der Waals surface area (Å²) in [5.74, 6) is -0.158. The van der Waals surface area contributed by atoms with E-state index < -0.39 is 17.8 Å². The van der Waals surface area contributed by atoms with Crippen molar-refractivity contribution in [1.82, 2.24) is 9.97 Å². The Bertz CT molecular complexity index is 693. The van der Waals surface area contributed by atoms with Crippen molar-refractivity contribution in [2.75, 3.05) is 12.4 Å². The molecule has 1 aromatic carbocycles. The number of esters is 1. The van der Waals surface area contributed by atoms with Crippen LogP contribution in [0, 0.1) is 0 Å². The van der Waals surface area contributed by atoms with Crippen LogP contribution < -0.4 is 0 Å². The van der Waals surface area contributed by atoms with Gasteiger partial charge in [0.15, 0.2) is 5.16 Å². The molecule has 0 aliphatic heterocycles. The van der Waals surface area contributed by atoms with E-state index in [9.17, 15) is 18.0 Å². The molecule has 2 aromatic rings. The third-order valence-electron chi connectivity index (χ3n) is 2.91. The van der Waals surface area contributed by atoms with Crippen LogP contribution in [0.3, 0.4) is 0 Å². The van der Waals surface area contributed by atoms with Crippen molar-refractivity contribution in [2.24, 2.45) is 0 Å². The summed E-state index contributed by atoms with van der Waals surface area (Å²) >= 11 is 0.991. The molecule has 2 rings (SSSR count). The fourth-order valence-electron chi connectivity index (χ4n) is 1.85. The highest BCUT2D eigenvalue weighted by Crippen LogP contribution is 2.32. The second-order valence-corrected chi connectivity index (χ2v) is 5.75. The second kappa shape index (κ2) is 8.14. The van der Waals surface area contributed by atoms with E-state index in [2.05, 4.69) is 9.97 Å². The van der Waals surface area contributed by atoms with Crippen molar-refractivity contribution in [2.45, 2.75) is 24.7 Å². The Morgan fingerprint density at radius 3 is 2.54 bits per heavy atom. The van der Waals surface area contributed by atoms with Crippen LogP contribution in [0.2, 0.25) is 0 Å². The minimum Gasteiger partial charge on any atom is -0.466 e. The first-order valence-electron chi connectivity index (χ1n) is 7.20. The van der Waals surface area contributed by atoms with Gasteiger partial charge in [-0.15, -0.1) is 0 Å². The Hall–Kier alpha value is -2.09. The first kappa shape index (κ1) is 18.3. The normalized spacial score (nSPS) is 11.3. The van der Waals surface area contributed by atoms with E-state index in [1.165, 1.54) is 0 Å². The summed E-state index contributed by atoms with van der Waals surface area (Å²) in [5.41, 5.74) is -0.246. The van der Waals surface area contributed by atoms with E-state index in [4.69, 9.17) is 4.74 Å². The molecule has 1 heterocycles. The van der Waals surface area contributed by atoms with Gasteiger partial charge in [-0.2, -0.15) is 13.2 Å². The summed E-state index contributed by atoms with van der Waals surface area (Å²) in [6, 6.07) is 9.48. The number of halogens is 3. The molecule has 0 unspecified atom stereocenters. The molecule has 128 valence electrons. The van der Waals surface area contributed by atoms with E-state index in [1.54, 1.807) is 37.3 Å². The van der Waals surface area contributed by atoms with Gasteiger partial charge in [0, 0.05) is 11.3 Å². The predicted octanol–water partition coefficient (Wildman–Crippen LogP) is 4.21. The first-order chi connectivity index (χ1) is 11.4. The number of carbonyl (C=O) groups excluding carboxylic acids is 1. The van der Waals surface area contributed by atoms with Gasteiger partial charge >= 0.3 is 12.1 Å². The average Bonchev–Trinajstić information content (AvgIpc) is 2.55. The highest BCUT2D eigenvalue weighted by atomic mass is 32.2. The molecule has 0 aliphatic rings. The summed E-state index contributed by atoms with van der Waals surface area (Å²) in [6.07, 6.45) is -4.48. The Morgan fingerprint density at radius 2 is 1.92 bits per heavy atom. The molecule has 0 fully saturated rings. The summed E-state index contributed by atoms with van der Waals surface area (Å²) in [7, 11) is 0. The molecular weight excluding hydrogens is 341 g/mol. The lowest BCUT2D eigenvalue weighted by Gasteiger charge is -2.10. The van der Waals surface area contributed by atoms with Crippen LogP contribution in [-0.2, 0) is 15.7 Å². The molecule has 0 N–H and O–H groups in total. The summed E-state index contributed by atoms with van der Waals surface area (Å²) < 4.78 is 43.9. The van der Waals surface area contributed by atoms with Crippen LogP contribution in [0.1, 0.15) is 19.0 Å². The number of carbonyl (C=O) groups is 1. The van der Waals surface area contributed by atoms with Crippen molar-refractivity contribution in [3.63, 3.8) is 0 Å². The maximum absolute atomic E-state index is 13.0. The smallest absolute Gasteiger partial charge is 0.433 e. The molecule has 0 atom stereocenters. The fraction of sp³-hybridized carbons (Fsp3) is 0.312. The van der Waals surface area contributed by atoms with Gasteiger partial charge in [-0.1, -0.05) is 42.1 Å². The Balaban J connectivity index is 2.22. The van der Waals surface area contributed by atoms with Crippen LogP contribution in [0.5, 0.6) is 0 Å². The Morgan fingerprint density at radius 1 is 1.21 bits per heavy atom. The largest absolute Gasteiger partial charge is 0.466 e. The summed E-state index contributed by atoms with van der Waals surface area (Å²) in [5, 5.41) is -0.0204. The molecular formula is C16H15F3N2O2S. The zero-order chi connectivity index (χ0) is 17.6. The van der Waals surface area contributed by atoms with Crippen molar-refractivity contribution in [3.8, 4) is 11.3 Å². The molecule has 0 bridgehead atoms. The van der Waals surface area contributed by atoms with Crippen LogP contribution >= 0.6 is 11.8 Å². The second-order valence-electron chi connectivity index (χ2n) is 4.69. The highest BCUT2D eigenvalue weighted by molar-refractivity contribution is 7.99. The number of hydrogen-bond donors (Lipinski definition) is 0.